The molecule has 1 aromatic rings. The minimum atomic E-state index is 0.109. The maximum Gasteiger partial charge on any atom is 0.255 e. The Morgan fingerprint density at radius 1 is 1.42 bits per heavy atom. The molecule has 5 heteroatoms. The van der Waals surface area contributed by atoms with Crippen LogP contribution in [0.25, 0.3) is 0 Å². The molecule has 0 aliphatic heterocycles. The van der Waals surface area contributed by atoms with E-state index in [1.165, 1.54) is 12.8 Å². The van der Waals surface area contributed by atoms with E-state index in [0.29, 0.717) is 11.1 Å². The van der Waals surface area contributed by atoms with Crippen LogP contribution in [0.3, 0.4) is 0 Å². The lowest BCUT2D eigenvalue weighted by Gasteiger charge is -2.29. The third-order valence-electron chi connectivity index (χ3n) is 3.51. The van der Waals surface area contributed by atoms with Crippen molar-refractivity contribution in [2.75, 3.05) is 11.9 Å². The van der Waals surface area contributed by atoms with E-state index < -0.39 is 0 Å². The first-order chi connectivity index (χ1) is 9.13. The molecule has 0 saturated heterocycles. The Kier molecular flexibility index (Phi) is 5.96. The van der Waals surface area contributed by atoms with E-state index in [0.717, 1.165) is 33.9 Å². The standard InChI is InChI=1S/C14H16BrClINO/c15-7-8-18(11-3-1-2-4-11)14(19)12-9-10(16)5-6-13(12)17/h5-6,9,11H,1-4,7-8H2. The molecule has 19 heavy (non-hydrogen) atoms. The average molecular weight is 457 g/mol. The second-order valence-corrected chi connectivity index (χ2v) is 7.14. The lowest BCUT2D eigenvalue weighted by atomic mass is 10.1. The van der Waals surface area contributed by atoms with Crippen LogP contribution in [0.1, 0.15) is 36.0 Å². The van der Waals surface area contributed by atoms with Gasteiger partial charge in [-0.1, -0.05) is 40.4 Å². The van der Waals surface area contributed by atoms with Crippen LogP contribution in [0.2, 0.25) is 5.02 Å². The number of halogens is 3. The Balaban J connectivity index is 2.25. The molecule has 0 aromatic heterocycles. The summed E-state index contributed by atoms with van der Waals surface area (Å²) >= 11 is 11.7. The van der Waals surface area contributed by atoms with E-state index in [9.17, 15) is 4.79 Å². The number of nitrogens with zero attached hydrogens (tertiary/aromatic N) is 1. The van der Waals surface area contributed by atoms with Gasteiger partial charge in [0.1, 0.15) is 0 Å². The molecule has 0 atom stereocenters. The number of rotatable bonds is 4. The highest BCUT2D eigenvalue weighted by Crippen LogP contribution is 2.27. The Morgan fingerprint density at radius 2 is 2.11 bits per heavy atom. The van der Waals surface area contributed by atoms with E-state index in [4.69, 9.17) is 11.6 Å². The van der Waals surface area contributed by atoms with Gasteiger partial charge in [-0.15, -0.1) is 0 Å². The second-order valence-electron chi connectivity index (χ2n) is 4.75. The van der Waals surface area contributed by atoms with Gasteiger partial charge in [0.2, 0.25) is 0 Å². The summed E-state index contributed by atoms with van der Waals surface area (Å²) in [6.45, 7) is 0.756. The lowest BCUT2D eigenvalue weighted by molar-refractivity contribution is 0.0695. The molecule has 2 rings (SSSR count). The molecule has 0 heterocycles. The topological polar surface area (TPSA) is 20.3 Å². The first kappa shape index (κ1) is 15.6. The molecular formula is C14H16BrClINO. The van der Waals surface area contributed by atoms with Gasteiger partial charge in [0, 0.05) is 26.5 Å². The van der Waals surface area contributed by atoms with Crippen LogP contribution < -0.4 is 0 Å². The van der Waals surface area contributed by atoms with Crippen molar-refractivity contribution in [1.29, 1.82) is 0 Å². The first-order valence-electron chi connectivity index (χ1n) is 6.45. The Morgan fingerprint density at radius 3 is 2.74 bits per heavy atom. The summed E-state index contributed by atoms with van der Waals surface area (Å²) < 4.78 is 0.963. The molecule has 1 saturated carbocycles. The fraction of sp³-hybridized carbons (Fsp3) is 0.500. The summed E-state index contributed by atoms with van der Waals surface area (Å²) in [5.74, 6) is 0.109. The fourth-order valence-electron chi connectivity index (χ4n) is 2.57. The molecule has 1 amide bonds. The van der Waals surface area contributed by atoms with Crippen LogP contribution >= 0.6 is 50.1 Å². The van der Waals surface area contributed by atoms with Gasteiger partial charge in [0.15, 0.2) is 0 Å². The molecule has 1 fully saturated rings. The van der Waals surface area contributed by atoms with Gasteiger partial charge in [0.05, 0.1) is 5.56 Å². The Hall–Kier alpha value is 0.190. The van der Waals surface area contributed by atoms with Crippen LogP contribution in [0.4, 0.5) is 0 Å². The summed E-state index contributed by atoms with van der Waals surface area (Å²) in [6.07, 6.45) is 4.69. The summed E-state index contributed by atoms with van der Waals surface area (Å²) in [5.41, 5.74) is 0.723. The largest absolute Gasteiger partial charge is 0.335 e. The van der Waals surface area contributed by atoms with Crippen LogP contribution in [0.15, 0.2) is 18.2 Å². The zero-order valence-corrected chi connectivity index (χ0v) is 15.0. The SMILES string of the molecule is O=C(c1cc(Cl)ccc1I)N(CCBr)C1CCCC1. The molecular weight excluding hydrogens is 440 g/mol. The van der Waals surface area contributed by atoms with Gasteiger partial charge in [-0.05, 0) is 53.6 Å². The van der Waals surface area contributed by atoms with Crippen molar-refractivity contribution in [3.8, 4) is 0 Å². The van der Waals surface area contributed by atoms with Gasteiger partial charge in [-0.25, -0.2) is 0 Å². The first-order valence-corrected chi connectivity index (χ1v) is 9.03. The zero-order chi connectivity index (χ0) is 13.8. The number of alkyl halides is 1. The molecule has 1 aliphatic rings. The van der Waals surface area contributed by atoms with Crippen molar-refractivity contribution in [3.05, 3.63) is 32.4 Å². The second kappa shape index (κ2) is 7.27. The van der Waals surface area contributed by atoms with Crippen molar-refractivity contribution >= 4 is 56.0 Å². The Bertz CT molecular complexity index is 463. The average Bonchev–Trinajstić information content (AvgIpc) is 2.92. The summed E-state index contributed by atoms with van der Waals surface area (Å²) in [5, 5.41) is 1.43. The van der Waals surface area contributed by atoms with Crippen LogP contribution in [-0.4, -0.2) is 28.7 Å². The number of hydrogen-bond acceptors (Lipinski definition) is 1. The summed E-state index contributed by atoms with van der Waals surface area (Å²) in [6, 6.07) is 5.89. The van der Waals surface area contributed by atoms with E-state index in [1.54, 1.807) is 6.07 Å². The molecule has 0 N–H and O–H groups in total. The van der Waals surface area contributed by atoms with Crippen molar-refractivity contribution < 1.29 is 4.79 Å². The van der Waals surface area contributed by atoms with Crippen molar-refractivity contribution in [2.45, 2.75) is 31.7 Å². The highest BCUT2D eigenvalue weighted by Gasteiger charge is 2.27. The molecule has 1 aromatic carbocycles. The normalized spacial score (nSPS) is 15.7. The van der Waals surface area contributed by atoms with Crippen molar-refractivity contribution in [1.82, 2.24) is 4.90 Å². The van der Waals surface area contributed by atoms with Crippen LogP contribution in [0.5, 0.6) is 0 Å². The minimum absolute atomic E-state index is 0.109. The molecule has 104 valence electrons. The lowest BCUT2D eigenvalue weighted by Crippen LogP contribution is -2.40. The third-order valence-corrected chi connectivity index (χ3v) is 5.04. The molecule has 0 radical (unpaired) electrons. The summed E-state index contributed by atoms with van der Waals surface area (Å²) in [7, 11) is 0. The highest BCUT2D eigenvalue weighted by molar-refractivity contribution is 14.1. The fourth-order valence-corrected chi connectivity index (χ4v) is 3.69. The van der Waals surface area contributed by atoms with Gasteiger partial charge in [-0.3, -0.25) is 4.79 Å². The molecule has 0 bridgehead atoms. The zero-order valence-electron chi connectivity index (χ0n) is 10.5. The van der Waals surface area contributed by atoms with Crippen LogP contribution in [-0.2, 0) is 0 Å². The van der Waals surface area contributed by atoms with E-state index in [1.807, 2.05) is 17.0 Å². The maximum absolute atomic E-state index is 12.7. The third kappa shape index (κ3) is 3.85. The van der Waals surface area contributed by atoms with E-state index >= 15 is 0 Å². The van der Waals surface area contributed by atoms with E-state index in [-0.39, 0.29) is 5.91 Å². The van der Waals surface area contributed by atoms with Crippen molar-refractivity contribution in [2.24, 2.45) is 0 Å². The summed E-state index contributed by atoms with van der Waals surface area (Å²) in [4.78, 5) is 14.7. The molecule has 2 nitrogen and oxygen atoms in total. The van der Waals surface area contributed by atoms with Gasteiger partial charge < -0.3 is 4.90 Å². The predicted octanol–water partition coefficient (Wildman–Crippen LogP) is 4.72. The number of carbonyl (C=O) groups excluding carboxylic acids is 1. The van der Waals surface area contributed by atoms with Gasteiger partial charge >= 0.3 is 0 Å². The van der Waals surface area contributed by atoms with Gasteiger partial charge in [-0.2, -0.15) is 0 Å². The number of hydrogen-bond donors (Lipinski definition) is 0. The Labute approximate surface area is 141 Å². The number of amides is 1. The van der Waals surface area contributed by atoms with E-state index in [2.05, 4.69) is 38.5 Å². The van der Waals surface area contributed by atoms with Crippen LogP contribution in [0, 0.1) is 3.57 Å². The number of carbonyl (C=O) groups is 1. The molecule has 1 aliphatic carbocycles. The van der Waals surface area contributed by atoms with Crippen molar-refractivity contribution in [3.63, 3.8) is 0 Å². The molecule has 0 unspecified atom stereocenters. The smallest absolute Gasteiger partial charge is 0.255 e. The quantitative estimate of drug-likeness (QED) is 0.474. The molecule has 0 spiro atoms. The monoisotopic (exact) mass is 455 g/mol. The highest BCUT2D eigenvalue weighted by atomic mass is 127. The maximum atomic E-state index is 12.7. The number of benzene rings is 1. The predicted molar refractivity (Wildman–Crippen MR) is 91.3 cm³/mol. The minimum Gasteiger partial charge on any atom is -0.335 e. The van der Waals surface area contributed by atoms with Gasteiger partial charge in [0.25, 0.3) is 5.91 Å².